The van der Waals surface area contributed by atoms with Gasteiger partial charge in [0.15, 0.2) is 11.6 Å². The maximum Gasteiger partial charge on any atom is 0.407 e. The number of rotatable bonds is 1. The van der Waals surface area contributed by atoms with Crippen molar-refractivity contribution in [2.45, 2.75) is 19.4 Å². The van der Waals surface area contributed by atoms with Gasteiger partial charge in [-0.1, -0.05) is 12.1 Å². The lowest BCUT2D eigenvalue weighted by Crippen LogP contribution is -2.35. The van der Waals surface area contributed by atoms with Crippen molar-refractivity contribution in [1.82, 2.24) is 5.32 Å². The van der Waals surface area contributed by atoms with E-state index in [0.717, 1.165) is 0 Å². The van der Waals surface area contributed by atoms with E-state index in [1.165, 1.54) is 19.1 Å². The molecular formula is C11H11F2NO2. The molecule has 0 saturated carbocycles. The van der Waals surface area contributed by atoms with Crippen LogP contribution in [0.25, 0.3) is 0 Å². The first-order valence-corrected chi connectivity index (χ1v) is 4.97. The van der Waals surface area contributed by atoms with E-state index in [-0.39, 0.29) is 17.7 Å². The number of hydrogen-bond acceptors (Lipinski definition) is 2. The molecule has 1 heterocycles. The highest BCUT2D eigenvalue weighted by Gasteiger charge is 2.25. The zero-order valence-corrected chi connectivity index (χ0v) is 8.72. The fourth-order valence-electron chi connectivity index (χ4n) is 1.69. The third kappa shape index (κ3) is 1.85. The molecule has 1 N–H and O–H groups in total. The second-order valence-electron chi connectivity index (χ2n) is 3.72. The number of nitrogens with one attached hydrogen (secondary N) is 1. The molecule has 0 spiro atoms. The smallest absolute Gasteiger partial charge is 0.407 e. The molecule has 3 nitrogen and oxygen atoms in total. The summed E-state index contributed by atoms with van der Waals surface area (Å²) in [5, 5.41) is 2.45. The Morgan fingerprint density at radius 2 is 2.12 bits per heavy atom. The molecule has 1 aliphatic rings. The molecule has 1 atom stereocenters. The number of benzene rings is 1. The van der Waals surface area contributed by atoms with Gasteiger partial charge in [-0.3, -0.25) is 0 Å². The maximum absolute atomic E-state index is 13.6. The fraction of sp³-hybridized carbons (Fsp3) is 0.364. The minimum absolute atomic E-state index is 0.166. The van der Waals surface area contributed by atoms with Crippen molar-refractivity contribution < 1.29 is 18.3 Å². The molecule has 0 radical (unpaired) electrons. The second-order valence-corrected chi connectivity index (χ2v) is 3.72. The van der Waals surface area contributed by atoms with E-state index < -0.39 is 23.8 Å². The molecule has 86 valence electrons. The molecule has 1 fully saturated rings. The van der Waals surface area contributed by atoms with Crippen molar-refractivity contribution in [2.24, 2.45) is 0 Å². The Hall–Kier alpha value is -1.65. The molecule has 0 bridgehead atoms. The summed E-state index contributed by atoms with van der Waals surface area (Å²) in [7, 11) is 0. The molecule has 16 heavy (non-hydrogen) atoms. The quantitative estimate of drug-likeness (QED) is 0.800. The second kappa shape index (κ2) is 4.08. The summed E-state index contributed by atoms with van der Waals surface area (Å²) >= 11 is 0. The number of hydrogen-bond donors (Lipinski definition) is 1. The van der Waals surface area contributed by atoms with E-state index in [2.05, 4.69) is 10.1 Å². The van der Waals surface area contributed by atoms with E-state index in [9.17, 15) is 13.6 Å². The fourth-order valence-corrected chi connectivity index (χ4v) is 1.69. The number of aryl methyl sites for hydroxylation is 1. The number of carbonyl (C=O) groups excluding carboxylic acids is 1. The van der Waals surface area contributed by atoms with Gasteiger partial charge in [-0.15, -0.1) is 0 Å². The van der Waals surface area contributed by atoms with Gasteiger partial charge >= 0.3 is 6.09 Å². The van der Waals surface area contributed by atoms with Crippen molar-refractivity contribution in [3.8, 4) is 0 Å². The minimum Gasteiger partial charge on any atom is -0.449 e. The van der Waals surface area contributed by atoms with Crippen LogP contribution in [0.5, 0.6) is 0 Å². The number of ether oxygens (including phenoxy) is 1. The molecule has 1 amide bonds. The molecule has 0 unspecified atom stereocenters. The molecule has 0 aliphatic carbocycles. The monoisotopic (exact) mass is 227 g/mol. The molecule has 1 aromatic carbocycles. The Bertz CT molecular complexity index is 434. The van der Waals surface area contributed by atoms with Gasteiger partial charge in [0.05, 0.1) is 12.6 Å². The first kappa shape index (κ1) is 10.9. The van der Waals surface area contributed by atoms with Gasteiger partial charge in [-0.2, -0.15) is 0 Å². The molecule has 1 aromatic rings. The Morgan fingerprint density at radius 1 is 1.38 bits per heavy atom. The van der Waals surface area contributed by atoms with Gasteiger partial charge in [-0.25, -0.2) is 13.6 Å². The van der Waals surface area contributed by atoms with Crippen LogP contribution >= 0.6 is 0 Å². The molecule has 1 aliphatic heterocycles. The Labute approximate surface area is 91.4 Å². The van der Waals surface area contributed by atoms with Crippen LogP contribution in [0.2, 0.25) is 0 Å². The predicted molar refractivity (Wildman–Crippen MR) is 52.9 cm³/mol. The standard InChI is InChI=1S/C11H11F2NO2/c1-6-2-3-7(10(13)9(6)12)8-4-5-16-11(15)14-8/h2-3,8H,4-5H2,1H3,(H,14,15)/t8-/m0/s1. The zero-order chi connectivity index (χ0) is 11.7. The lowest BCUT2D eigenvalue weighted by molar-refractivity contribution is 0.115. The Balaban J connectivity index is 2.33. The van der Waals surface area contributed by atoms with Crippen LogP contribution in [0.3, 0.4) is 0 Å². The van der Waals surface area contributed by atoms with E-state index in [4.69, 9.17) is 0 Å². The summed E-state index contributed by atoms with van der Waals surface area (Å²) in [5.74, 6) is -1.76. The zero-order valence-electron chi connectivity index (χ0n) is 8.72. The first-order valence-electron chi connectivity index (χ1n) is 4.97. The van der Waals surface area contributed by atoms with Crippen molar-refractivity contribution in [3.63, 3.8) is 0 Å². The Morgan fingerprint density at radius 3 is 2.81 bits per heavy atom. The highest BCUT2D eigenvalue weighted by atomic mass is 19.2. The summed E-state index contributed by atoms with van der Waals surface area (Å²) in [6.07, 6.45) is -0.165. The van der Waals surface area contributed by atoms with Gasteiger partial charge in [0.25, 0.3) is 0 Å². The third-order valence-corrected chi connectivity index (χ3v) is 2.61. The molecular weight excluding hydrogens is 216 g/mol. The van der Waals surface area contributed by atoms with Crippen LogP contribution in [0.4, 0.5) is 13.6 Å². The van der Waals surface area contributed by atoms with Crippen LogP contribution in [-0.4, -0.2) is 12.7 Å². The Kier molecular flexibility index (Phi) is 2.77. The lowest BCUT2D eigenvalue weighted by atomic mass is 10.0. The van der Waals surface area contributed by atoms with Crippen LogP contribution < -0.4 is 5.32 Å². The van der Waals surface area contributed by atoms with E-state index in [1.807, 2.05) is 0 Å². The normalized spacial score (nSPS) is 20.2. The van der Waals surface area contributed by atoms with Gasteiger partial charge in [-0.05, 0) is 12.5 Å². The maximum atomic E-state index is 13.6. The summed E-state index contributed by atoms with van der Waals surface area (Å²) < 4.78 is 31.6. The molecule has 5 heteroatoms. The lowest BCUT2D eigenvalue weighted by Gasteiger charge is -2.24. The van der Waals surface area contributed by atoms with E-state index >= 15 is 0 Å². The van der Waals surface area contributed by atoms with Gasteiger partial charge in [0, 0.05) is 12.0 Å². The number of carbonyl (C=O) groups is 1. The average molecular weight is 227 g/mol. The van der Waals surface area contributed by atoms with Crippen LogP contribution in [0.15, 0.2) is 12.1 Å². The minimum atomic E-state index is -0.896. The van der Waals surface area contributed by atoms with Gasteiger partial charge in [0.2, 0.25) is 0 Å². The van der Waals surface area contributed by atoms with Crippen LogP contribution in [-0.2, 0) is 4.74 Å². The summed E-state index contributed by atoms with van der Waals surface area (Å²) in [4.78, 5) is 11.0. The summed E-state index contributed by atoms with van der Waals surface area (Å²) in [6.45, 7) is 1.70. The van der Waals surface area contributed by atoms with Gasteiger partial charge < -0.3 is 10.1 Å². The van der Waals surface area contributed by atoms with Gasteiger partial charge in [0.1, 0.15) is 0 Å². The summed E-state index contributed by atoms with van der Waals surface area (Å²) in [5.41, 5.74) is 0.416. The number of amides is 1. The SMILES string of the molecule is Cc1ccc([C@@H]2CCOC(=O)N2)c(F)c1F. The van der Waals surface area contributed by atoms with E-state index in [0.29, 0.717) is 6.42 Å². The topological polar surface area (TPSA) is 38.3 Å². The third-order valence-electron chi connectivity index (χ3n) is 2.61. The molecule has 1 saturated heterocycles. The first-order chi connectivity index (χ1) is 7.59. The largest absolute Gasteiger partial charge is 0.449 e. The molecule has 0 aromatic heterocycles. The van der Waals surface area contributed by atoms with Crippen molar-refractivity contribution >= 4 is 6.09 Å². The summed E-state index contributed by atoms with van der Waals surface area (Å²) in [6, 6.07) is 2.47. The molecule has 2 rings (SSSR count). The number of halogens is 2. The van der Waals surface area contributed by atoms with Crippen molar-refractivity contribution in [2.75, 3.05) is 6.61 Å². The number of alkyl carbamates (subject to hydrolysis) is 1. The highest BCUT2D eigenvalue weighted by molar-refractivity contribution is 5.68. The van der Waals surface area contributed by atoms with E-state index in [1.54, 1.807) is 0 Å². The van der Waals surface area contributed by atoms with Crippen LogP contribution in [0.1, 0.15) is 23.6 Å². The van der Waals surface area contributed by atoms with Crippen molar-refractivity contribution in [3.05, 3.63) is 34.9 Å². The van der Waals surface area contributed by atoms with Crippen molar-refractivity contribution in [1.29, 1.82) is 0 Å². The average Bonchev–Trinajstić information content (AvgIpc) is 2.26. The van der Waals surface area contributed by atoms with Crippen LogP contribution in [0, 0.1) is 18.6 Å². The highest BCUT2D eigenvalue weighted by Crippen LogP contribution is 2.25. The number of cyclic esters (lactones) is 1. The predicted octanol–water partition coefficient (Wildman–Crippen LogP) is 2.44.